The number of aliphatic hydroxyl groups is 1. The molecule has 86 valence electrons. The number of rotatable bonds is 2. The lowest BCUT2D eigenvalue weighted by atomic mass is 9.64. The van der Waals surface area contributed by atoms with Crippen LogP contribution in [0.2, 0.25) is 0 Å². The average Bonchev–Trinajstić information content (AvgIpc) is 2.73. The van der Waals surface area contributed by atoms with Crippen molar-refractivity contribution in [3.8, 4) is 0 Å². The van der Waals surface area contributed by atoms with E-state index in [1.165, 1.54) is 5.69 Å². The molecule has 1 saturated carbocycles. The lowest BCUT2D eigenvalue weighted by Gasteiger charge is -2.44. The molecule has 2 aromatic heterocycles. The normalized spacial score (nSPS) is 29.6. The second-order valence-electron chi connectivity index (χ2n) is 4.65. The fourth-order valence-electron chi connectivity index (χ4n) is 2.83. The molecule has 0 bridgehead atoms. The minimum Gasteiger partial charge on any atom is -0.393 e. The summed E-state index contributed by atoms with van der Waals surface area (Å²) in [6.45, 7) is 2.60. The second-order valence-corrected chi connectivity index (χ2v) is 5.52. The molecule has 0 atom stereocenters. The maximum atomic E-state index is 9.54. The highest BCUT2D eigenvalue weighted by Crippen LogP contribution is 2.44. The Labute approximate surface area is 97.7 Å². The summed E-state index contributed by atoms with van der Waals surface area (Å²) in [5.74, 6) is 0. The van der Waals surface area contributed by atoms with E-state index in [0.717, 1.165) is 23.5 Å². The van der Waals surface area contributed by atoms with Crippen molar-refractivity contribution in [2.24, 2.45) is 5.73 Å². The van der Waals surface area contributed by atoms with E-state index in [1.54, 1.807) is 11.3 Å². The first kappa shape index (κ1) is 10.3. The molecule has 3 rings (SSSR count). The van der Waals surface area contributed by atoms with E-state index in [1.807, 2.05) is 18.5 Å². The van der Waals surface area contributed by atoms with Crippen molar-refractivity contribution in [3.63, 3.8) is 0 Å². The molecule has 1 fully saturated rings. The third-order valence-electron chi connectivity index (χ3n) is 3.58. The Morgan fingerprint density at radius 3 is 3.06 bits per heavy atom. The molecular formula is C11H15N3OS. The van der Waals surface area contributed by atoms with Crippen molar-refractivity contribution in [1.82, 2.24) is 9.38 Å². The first-order valence-corrected chi connectivity index (χ1v) is 6.35. The second kappa shape index (κ2) is 3.29. The third-order valence-corrected chi connectivity index (χ3v) is 4.34. The van der Waals surface area contributed by atoms with Crippen molar-refractivity contribution in [2.75, 3.05) is 6.54 Å². The predicted molar refractivity (Wildman–Crippen MR) is 63.8 cm³/mol. The van der Waals surface area contributed by atoms with Gasteiger partial charge in [-0.05, 0) is 19.8 Å². The van der Waals surface area contributed by atoms with Crippen LogP contribution in [-0.4, -0.2) is 27.1 Å². The van der Waals surface area contributed by atoms with E-state index >= 15 is 0 Å². The van der Waals surface area contributed by atoms with Crippen LogP contribution in [0.1, 0.15) is 24.2 Å². The van der Waals surface area contributed by atoms with Gasteiger partial charge in [0.05, 0.1) is 17.5 Å². The number of aromatic nitrogens is 2. The Morgan fingerprint density at radius 2 is 2.44 bits per heavy atom. The van der Waals surface area contributed by atoms with Crippen LogP contribution in [-0.2, 0) is 5.41 Å². The van der Waals surface area contributed by atoms with Gasteiger partial charge in [0.2, 0.25) is 0 Å². The Hall–Kier alpha value is -0.910. The zero-order valence-corrected chi connectivity index (χ0v) is 10.00. The number of nitrogens with zero attached hydrogens (tertiary/aromatic N) is 2. The third kappa shape index (κ3) is 1.19. The molecule has 2 aromatic rings. The van der Waals surface area contributed by atoms with Gasteiger partial charge in [0.1, 0.15) is 0 Å². The topological polar surface area (TPSA) is 63.5 Å². The molecule has 0 radical (unpaired) electrons. The Bertz CT molecular complexity index is 524. The summed E-state index contributed by atoms with van der Waals surface area (Å²) >= 11 is 1.63. The largest absolute Gasteiger partial charge is 0.393 e. The summed E-state index contributed by atoms with van der Waals surface area (Å²) in [5.41, 5.74) is 8.07. The van der Waals surface area contributed by atoms with Crippen LogP contribution in [0.3, 0.4) is 0 Å². The molecule has 0 saturated heterocycles. The van der Waals surface area contributed by atoms with Crippen LogP contribution in [0.4, 0.5) is 0 Å². The molecule has 0 aliphatic heterocycles. The summed E-state index contributed by atoms with van der Waals surface area (Å²) < 4.78 is 2.12. The number of fused-ring (bicyclic) bond motifs is 1. The molecule has 0 aromatic carbocycles. The lowest BCUT2D eigenvalue weighted by Crippen LogP contribution is -2.50. The molecule has 1 aliphatic carbocycles. The highest BCUT2D eigenvalue weighted by Gasteiger charge is 2.46. The maximum Gasteiger partial charge on any atom is 0.194 e. The number of thiazole rings is 1. The van der Waals surface area contributed by atoms with E-state index in [9.17, 15) is 5.11 Å². The van der Waals surface area contributed by atoms with E-state index in [0.29, 0.717) is 6.54 Å². The zero-order valence-electron chi connectivity index (χ0n) is 9.18. The summed E-state index contributed by atoms with van der Waals surface area (Å²) in [6, 6.07) is 0. The Balaban J connectivity index is 2.16. The molecular weight excluding hydrogens is 222 g/mol. The summed E-state index contributed by atoms with van der Waals surface area (Å²) in [4.78, 5) is 5.55. The van der Waals surface area contributed by atoms with Gasteiger partial charge in [-0.3, -0.25) is 4.40 Å². The monoisotopic (exact) mass is 237 g/mol. The Kier molecular flexibility index (Phi) is 2.11. The fraction of sp³-hybridized carbons (Fsp3) is 0.545. The maximum absolute atomic E-state index is 9.54. The summed E-state index contributed by atoms with van der Waals surface area (Å²) in [7, 11) is 0. The quantitative estimate of drug-likeness (QED) is 0.820. The molecule has 0 spiro atoms. The van der Waals surface area contributed by atoms with Crippen molar-refractivity contribution in [1.29, 1.82) is 0 Å². The lowest BCUT2D eigenvalue weighted by molar-refractivity contribution is 0.0194. The SMILES string of the molecule is Cc1nc2sccn2c1C1(CN)CC(O)C1. The highest BCUT2D eigenvalue weighted by atomic mass is 32.1. The standard InChI is InChI=1S/C11H15N3OS/c1-7-9(11(6-12)4-8(15)5-11)14-2-3-16-10(14)13-7/h2-3,8,15H,4-6,12H2,1H3. The van der Waals surface area contributed by atoms with Crippen LogP contribution < -0.4 is 5.73 Å². The van der Waals surface area contributed by atoms with Crippen LogP contribution in [0.25, 0.3) is 4.96 Å². The van der Waals surface area contributed by atoms with E-state index < -0.39 is 0 Å². The minimum absolute atomic E-state index is 0.0655. The van der Waals surface area contributed by atoms with Gasteiger partial charge in [-0.1, -0.05) is 0 Å². The smallest absolute Gasteiger partial charge is 0.194 e. The van der Waals surface area contributed by atoms with Gasteiger partial charge in [0.25, 0.3) is 0 Å². The van der Waals surface area contributed by atoms with E-state index in [-0.39, 0.29) is 11.5 Å². The first-order valence-electron chi connectivity index (χ1n) is 5.47. The average molecular weight is 237 g/mol. The number of hydrogen-bond donors (Lipinski definition) is 2. The number of imidazole rings is 1. The fourth-order valence-corrected chi connectivity index (χ4v) is 3.59. The van der Waals surface area contributed by atoms with Gasteiger partial charge < -0.3 is 10.8 Å². The van der Waals surface area contributed by atoms with Crippen LogP contribution in [0.15, 0.2) is 11.6 Å². The Morgan fingerprint density at radius 1 is 1.69 bits per heavy atom. The van der Waals surface area contributed by atoms with Gasteiger partial charge in [0.15, 0.2) is 4.96 Å². The molecule has 2 heterocycles. The highest BCUT2D eigenvalue weighted by molar-refractivity contribution is 7.15. The molecule has 4 nitrogen and oxygen atoms in total. The predicted octanol–water partition coefficient (Wildman–Crippen LogP) is 1.06. The van der Waals surface area contributed by atoms with Gasteiger partial charge >= 0.3 is 0 Å². The molecule has 0 amide bonds. The van der Waals surface area contributed by atoms with Crippen LogP contribution >= 0.6 is 11.3 Å². The molecule has 1 aliphatic rings. The van der Waals surface area contributed by atoms with Crippen molar-refractivity contribution < 1.29 is 5.11 Å². The van der Waals surface area contributed by atoms with Crippen LogP contribution in [0.5, 0.6) is 0 Å². The number of aryl methyl sites for hydroxylation is 1. The van der Waals surface area contributed by atoms with Gasteiger partial charge in [-0.25, -0.2) is 4.98 Å². The summed E-state index contributed by atoms with van der Waals surface area (Å²) in [6.07, 6.45) is 3.35. The first-order chi connectivity index (χ1) is 7.66. The number of aliphatic hydroxyl groups excluding tert-OH is 1. The van der Waals surface area contributed by atoms with E-state index in [4.69, 9.17) is 5.73 Å². The molecule has 5 heteroatoms. The van der Waals surface area contributed by atoms with E-state index in [2.05, 4.69) is 9.38 Å². The number of hydrogen-bond acceptors (Lipinski definition) is 4. The molecule has 16 heavy (non-hydrogen) atoms. The minimum atomic E-state index is -0.202. The molecule has 3 N–H and O–H groups in total. The van der Waals surface area contributed by atoms with Crippen LogP contribution in [0, 0.1) is 6.92 Å². The summed E-state index contributed by atoms with van der Waals surface area (Å²) in [5, 5.41) is 11.6. The van der Waals surface area contributed by atoms with Gasteiger partial charge in [0, 0.05) is 23.5 Å². The van der Waals surface area contributed by atoms with Crippen molar-refractivity contribution >= 4 is 16.3 Å². The number of nitrogens with two attached hydrogens (primary N) is 1. The molecule has 0 unspecified atom stereocenters. The van der Waals surface area contributed by atoms with Crippen molar-refractivity contribution in [2.45, 2.75) is 31.3 Å². The van der Waals surface area contributed by atoms with Crippen molar-refractivity contribution in [3.05, 3.63) is 23.0 Å². The van der Waals surface area contributed by atoms with Gasteiger partial charge in [-0.2, -0.15) is 0 Å². The van der Waals surface area contributed by atoms with Gasteiger partial charge in [-0.15, -0.1) is 11.3 Å². The zero-order chi connectivity index (χ0) is 11.3.